The fraction of sp³-hybridized carbons (Fsp3) is 0.381. The Bertz CT molecular complexity index is 1160. The molecule has 3 heterocycles. The van der Waals surface area contributed by atoms with Crippen molar-refractivity contribution in [3.8, 4) is 0 Å². The second-order valence-electron chi connectivity index (χ2n) is 7.78. The van der Waals surface area contributed by atoms with Crippen molar-refractivity contribution in [2.24, 2.45) is 0 Å². The van der Waals surface area contributed by atoms with Crippen LogP contribution in [0, 0.1) is 0 Å². The number of amides is 2. The van der Waals surface area contributed by atoms with E-state index in [-0.39, 0.29) is 12.4 Å². The standard InChI is InChI=1S/C21H25N7O6/c1-11(26-21(32)33-8-12-5-3-2-4-6-12)19(31)27-14-13(7-29)34-20(16(14)30)28-10-25-15-17(22)23-9-24-18(15)28/h2-6,9-11,13-14,16,20,29-30H,7-8H2,1H3,(H,26,32)(H,27,31)(H2,22,23,24). The number of imidazole rings is 1. The van der Waals surface area contributed by atoms with Gasteiger partial charge in [0.15, 0.2) is 17.7 Å². The number of anilines is 1. The van der Waals surface area contributed by atoms with Crippen LogP contribution in [0.3, 0.4) is 0 Å². The number of rotatable bonds is 7. The molecule has 1 fully saturated rings. The van der Waals surface area contributed by atoms with Gasteiger partial charge in [0.25, 0.3) is 0 Å². The molecule has 1 aliphatic heterocycles. The maximum atomic E-state index is 12.7. The molecule has 0 bridgehead atoms. The zero-order valence-corrected chi connectivity index (χ0v) is 18.2. The summed E-state index contributed by atoms with van der Waals surface area (Å²) < 4.78 is 12.3. The SMILES string of the molecule is CC(NC(=O)OCc1ccccc1)C(=O)NC1C(CO)OC(n2cnc3c(N)ncnc32)C1O. The molecule has 1 aliphatic rings. The molecule has 0 radical (unpaired) electrons. The summed E-state index contributed by atoms with van der Waals surface area (Å²) in [6.45, 7) is 1.05. The van der Waals surface area contributed by atoms with E-state index < -0.39 is 49.1 Å². The van der Waals surface area contributed by atoms with Crippen molar-refractivity contribution in [3.05, 3.63) is 48.5 Å². The average Bonchev–Trinajstić information content (AvgIpc) is 3.40. The highest BCUT2D eigenvalue weighted by Gasteiger charge is 2.46. The zero-order chi connectivity index (χ0) is 24.2. The van der Waals surface area contributed by atoms with Crippen LogP contribution in [0.2, 0.25) is 0 Å². The minimum Gasteiger partial charge on any atom is -0.445 e. The number of nitrogen functional groups attached to an aromatic ring is 1. The number of fused-ring (bicyclic) bond motifs is 1. The lowest BCUT2D eigenvalue weighted by molar-refractivity contribution is -0.124. The number of nitrogens with two attached hydrogens (primary N) is 1. The molecule has 2 aromatic heterocycles. The Morgan fingerprint density at radius 2 is 2.03 bits per heavy atom. The van der Waals surface area contributed by atoms with E-state index in [2.05, 4.69) is 25.6 Å². The summed E-state index contributed by atoms with van der Waals surface area (Å²) in [7, 11) is 0. The largest absolute Gasteiger partial charge is 0.445 e. The molecule has 13 heteroatoms. The number of alkyl carbamates (subject to hydrolysis) is 1. The Morgan fingerprint density at radius 1 is 1.26 bits per heavy atom. The molecule has 0 saturated carbocycles. The number of benzene rings is 1. The third kappa shape index (κ3) is 4.76. The molecule has 2 amide bonds. The lowest BCUT2D eigenvalue weighted by Crippen LogP contribution is -2.54. The van der Waals surface area contributed by atoms with Crippen molar-refractivity contribution in [1.29, 1.82) is 0 Å². The van der Waals surface area contributed by atoms with E-state index in [0.717, 1.165) is 5.56 Å². The van der Waals surface area contributed by atoms with Crippen LogP contribution in [0.1, 0.15) is 18.7 Å². The highest BCUT2D eigenvalue weighted by Crippen LogP contribution is 2.31. The fourth-order valence-corrected chi connectivity index (χ4v) is 3.66. The van der Waals surface area contributed by atoms with Crippen LogP contribution in [0.5, 0.6) is 0 Å². The Hall–Kier alpha value is -3.81. The molecule has 0 aliphatic carbocycles. The van der Waals surface area contributed by atoms with Gasteiger partial charge in [-0.05, 0) is 12.5 Å². The third-order valence-electron chi connectivity index (χ3n) is 5.47. The topological polar surface area (TPSA) is 187 Å². The van der Waals surface area contributed by atoms with Crippen molar-refractivity contribution < 1.29 is 29.3 Å². The minimum absolute atomic E-state index is 0.0530. The molecule has 34 heavy (non-hydrogen) atoms. The number of ether oxygens (including phenoxy) is 2. The van der Waals surface area contributed by atoms with Gasteiger partial charge in [-0.1, -0.05) is 30.3 Å². The number of nitrogens with one attached hydrogen (secondary N) is 2. The van der Waals surface area contributed by atoms with Crippen LogP contribution in [0.25, 0.3) is 11.2 Å². The molecule has 1 saturated heterocycles. The number of hydrogen-bond acceptors (Lipinski definition) is 10. The second kappa shape index (κ2) is 9.99. The van der Waals surface area contributed by atoms with E-state index in [9.17, 15) is 19.8 Å². The first-order chi connectivity index (χ1) is 16.4. The van der Waals surface area contributed by atoms with E-state index >= 15 is 0 Å². The molecule has 6 N–H and O–H groups in total. The zero-order valence-electron chi connectivity index (χ0n) is 18.2. The normalized spacial score (nSPS) is 22.9. The van der Waals surface area contributed by atoms with Crippen LogP contribution in [-0.2, 0) is 20.9 Å². The Morgan fingerprint density at radius 3 is 2.76 bits per heavy atom. The summed E-state index contributed by atoms with van der Waals surface area (Å²) in [5.74, 6) is -0.427. The summed E-state index contributed by atoms with van der Waals surface area (Å²) in [5, 5.41) is 25.7. The summed E-state index contributed by atoms with van der Waals surface area (Å²) in [6, 6.07) is 7.15. The lowest BCUT2D eigenvalue weighted by atomic mass is 10.1. The van der Waals surface area contributed by atoms with Gasteiger partial charge in [0.1, 0.15) is 36.7 Å². The molecule has 4 rings (SSSR count). The lowest BCUT2D eigenvalue weighted by Gasteiger charge is -2.23. The first-order valence-electron chi connectivity index (χ1n) is 10.5. The van der Waals surface area contributed by atoms with Gasteiger partial charge in [-0.3, -0.25) is 9.36 Å². The average molecular weight is 471 g/mol. The molecule has 13 nitrogen and oxygen atoms in total. The van der Waals surface area contributed by atoms with Crippen LogP contribution < -0.4 is 16.4 Å². The number of aromatic nitrogens is 4. The molecule has 180 valence electrons. The highest BCUT2D eigenvalue weighted by molar-refractivity contribution is 5.85. The van der Waals surface area contributed by atoms with Gasteiger partial charge in [-0.15, -0.1) is 0 Å². The monoisotopic (exact) mass is 471 g/mol. The number of carbonyl (C=O) groups excluding carboxylic acids is 2. The molecular formula is C21H25N7O6. The van der Waals surface area contributed by atoms with Crippen LogP contribution in [-0.4, -0.2) is 72.6 Å². The maximum Gasteiger partial charge on any atom is 0.408 e. The van der Waals surface area contributed by atoms with Gasteiger partial charge in [-0.2, -0.15) is 0 Å². The van der Waals surface area contributed by atoms with E-state index in [0.29, 0.717) is 11.2 Å². The van der Waals surface area contributed by atoms with Gasteiger partial charge in [-0.25, -0.2) is 19.7 Å². The fourth-order valence-electron chi connectivity index (χ4n) is 3.66. The van der Waals surface area contributed by atoms with Gasteiger partial charge >= 0.3 is 6.09 Å². The van der Waals surface area contributed by atoms with Gasteiger partial charge in [0, 0.05) is 0 Å². The first-order valence-corrected chi connectivity index (χ1v) is 10.5. The number of aliphatic hydroxyl groups is 2. The molecule has 3 aromatic rings. The van der Waals surface area contributed by atoms with Gasteiger partial charge in [0.05, 0.1) is 19.0 Å². The molecule has 1 aromatic carbocycles. The smallest absolute Gasteiger partial charge is 0.408 e. The molecule has 5 atom stereocenters. The maximum absolute atomic E-state index is 12.7. The molecular weight excluding hydrogens is 446 g/mol. The predicted octanol–water partition coefficient (Wildman–Crippen LogP) is -0.541. The van der Waals surface area contributed by atoms with Crippen LogP contribution in [0.15, 0.2) is 43.0 Å². The number of hydrogen-bond donors (Lipinski definition) is 5. The summed E-state index contributed by atoms with van der Waals surface area (Å²) >= 11 is 0. The number of aliphatic hydroxyl groups excluding tert-OH is 2. The van der Waals surface area contributed by atoms with Crippen molar-refractivity contribution in [3.63, 3.8) is 0 Å². The van der Waals surface area contributed by atoms with Crippen molar-refractivity contribution in [2.75, 3.05) is 12.3 Å². The first kappa shape index (κ1) is 23.4. The second-order valence-corrected chi connectivity index (χ2v) is 7.78. The quantitative estimate of drug-likeness (QED) is 0.299. The van der Waals surface area contributed by atoms with Gasteiger partial charge in [0.2, 0.25) is 5.91 Å². The van der Waals surface area contributed by atoms with E-state index in [1.54, 1.807) is 12.1 Å². The Labute approximate surface area is 193 Å². The van der Waals surface area contributed by atoms with Crippen molar-refractivity contribution in [2.45, 2.75) is 44.1 Å². The highest BCUT2D eigenvalue weighted by atomic mass is 16.6. The minimum atomic E-state index is -1.26. The van der Waals surface area contributed by atoms with Crippen LogP contribution >= 0.6 is 0 Å². The summed E-state index contributed by atoms with van der Waals surface area (Å²) in [6.07, 6.45) is -1.31. The summed E-state index contributed by atoms with van der Waals surface area (Å²) in [4.78, 5) is 36.9. The summed E-state index contributed by atoms with van der Waals surface area (Å²) in [5.41, 5.74) is 7.27. The Kier molecular flexibility index (Phi) is 6.86. The van der Waals surface area contributed by atoms with Crippen LogP contribution in [0.4, 0.5) is 10.6 Å². The van der Waals surface area contributed by atoms with Gasteiger partial charge < -0.3 is 36.1 Å². The van der Waals surface area contributed by atoms with Crippen molar-refractivity contribution >= 4 is 29.0 Å². The van der Waals surface area contributed by atoms with E-state index in [1.807, 2.05) is 18.2 Å². The number of carbonyl (C=O) groups is 2. The molecule has 0 spiro atoms. The third-order valence-corrected chi connectivity index (χ3v) is 5.47. The molecule has 5 unspecified atom stereocenters. The Balaban J connectivity index is 1.38. The predicted molar refractivity (Wildman–Crippen MR) is 118 cm³/mol. The van der Waals surface area contributed by atoms with E-state index in [1.165, 1.54) is 24.1 Å². The van der Waals surface area contributed by atoms with Crippen molar-refractivity contribution in [1.82, 2.24) is 30.2 Å². The number of nitrogens with zero attached hydrogens (tertiary/aromatic N) is 4. The van der Waals surface area contributed by atoms with E-state index in [4.69, 9.17) is 15.2 Å².